The number of methoxy groups -OCH3 is 1. The fraction of sp³-hybridized carbons (Fsp3) is 0.133. The van der Waals surface area contributed by atoms with Crippen LogP contribution in [0.4, 0.5) is 28.8 Å². The first-order valence-electron chi connectivity index (χ1n) is 7.18. The molecule has 2 N–H and O–H groups in total. The molecular formula is C15H14N6O4. The standard InChI is InChI=1S/C15H14N6O4/c1-9-7-12(20-25-9)19-15-13(21(22)23)14(16-8-17-15)18-10-5-3-4-6-11(10)24-2/h3-8H,1-2H3,(H2,16,17,18,19,20). The van der Waals surface area contributed by atoms with Crippen LogP contribution in [0.1, 0.15) is 5.76 Å². The zero-order valence-electron chi connectivity index (χ0n) is 13.4. The second-order valence-electron chi connectivity index (χ2n) is 4.95. The van der Waals surface area contributed by atoms with Gasteiger partial charge in [-0.2, -0.15) is 0 Å². The van der Waals surface area contributed by atoms with E-state index in [1.165, 1.54) is 13.4 Å². The number of aryl methyl sites for hydroxylation is 1. The highest BCUT2D eigenvalue weighted by atomic mass is 16.6. The van der Waals surface area contributed by atoms with Crippen LogP contribution in [0.25, 0.3) is 0 Å². The molecule has 2 heterocycles. The van der Waals surface area contributed by atoms with Gasteiger partial charge in [0, 0.05) is 6.07 Å². The lowest BCUT2D eigenvalue weighted by molar-refractivity contribution is -0.383. The van der Waals surface area contributed by atoms with Crippen LogP contribution in [0.15, 0.2) is 41.2 Å². The maximum absolute atomic E-state index is 11.6. The number of nitrogens with zero attached hydrogens (tertiary/aromatic N) is 4. The van der Waals surface area contributed by atoms with Crippen molar-refractivity contribution < 1.29 is 14.2 Å². The molecule has 0 aliphatic carbocycles. The zero-order chi connectivity index (χ0) is 17.8. The SMILES string of the molecule is COc1ccccc1Nc1ncnc(Nc2cc(C)on2)c1[N+](=O)[O-]. The minimum atomic E-state index is -0.576. The molecule has 0 aliphatic rings. The summed E-state index contributed by atoms with van der Waals surface area (Å²) in [6.07, 6.45) is 1.21. The van der Waals surface area contributed by atoms with Gasteiger partial charge in [0.1, 0.15) is 17.8 Å². The lowest BCUT2D eigenvalue weighted by atomic mass is 10.3. The Kier molecular flexibility index (Phi) is 4.42. The van der Waals surface area contributed by atoms with E-state index in [2.05, 4.69) is 25.8 Å². The summed E-state index contributed by atoms with van der Waals surface area (Å²) < 4.78 is 10.2. The third-order valence-corrected chi connectivity index (χ3v) is 3.24. The van der Waals surface area contributed by atoms with Crippen molar-refractivity contribution in [2.24, 2.45) is 0 Å². The number of nitro groups is 1. The van der Waals surface area contributed by atoms with Crippen LogP contribution in [0, 0.1) is 17.0 Å². The van der Waals surface area contributed by atoms with E-state index in [-0.39, 0.29) is 17.3 Å². The number of aromatic nitrogens is 3. The van der Waals surface area contributed by atoms with Gasteiger partial charge in [-0.15, -0.1) is 0 Å². The monoisotopic (exact) mass is 342 g/mol. The van der Waals surface area contributed by atoms with E-state index in [4.69, 9.17) is 9.26 Å². The molecule has 1 aromatic carbocycles. The molecule has 0 radical (unpaired) electrons. The van der Waals surface area contributed by atoms with Gasteiger partial charge in [-0.05, 0) is 19.1 Å². The first-order chi connectivity index (χ1) is 12.1. The van der Waals surface area contributed by atoms with Crippen LogP contribution < -0.4 is 15.4 Å². The summed E-state index contributed by atoms with van der Waals surface area (Å²) in [6.45, 7) is 1.71. The van der Waals surface area contributed by atoms with Crippen LogP contribution in [-0.4, -0.2) is 27.2 Å². The Bertz CT molecular complexity index is 911. The normalized spacial score (nSPS) is 10.3. The first-order valence-corrected chi connectivity index (χ1v) is 7.18. The van der Waals surface area contributed by atoms with E-state index in [0.29, 0.717) is 23.0 Å². The molecule has 0 saturated carbocycles. The van der Waals surface area contributed by atoms with Crippen molar-refractivity contribution in [3.8, 4) is 5.75 Å². The molecule has 25 heavy (non-hydrogen) atoms. The van der Waals surface area contributed by atoms with Crippen LogP contribution >= 0.6 is 0 Å². The largest absolute Gasteiger partial charge is 0.495 e. The molecule has 0 aliphatic heterocycles. The van der Waals surface area contributed by atoms with Gasteiger partial charge in [0.05, 0.1) is 17.7 Å². The minimum Gasteiger partial charge on any atom is -0.495 e. The first kappa shape index (κ1) is 16.2. The quantitative estimate of drug-likeness (QED) is 0.512. The number of anilines is 4. The molecule has 10 heteroatoms. The molecule has 0 fully saturated rings. The Morgan fingerprint density at radius 1 is 1.20 bits per heavy atom. The molecule has 0 amide bonds. The summed E-state index contributed by atoms with van der Waals surface area (Å²) in [5.41, 5.74) is 0.212. The molecule has 10 nitrogen and oxygen atoms in total. The summed E-state index contributed by atoms with van der Waals surface area (Å²) in [6, 6.07) is 8.61. The van der Waals surface area contributed by atoms with Crippen LogP contribution in [0.5, 0.6) is 5.75 Å². The minimum absolute atomic E-state index is 0.00861. The van der Waals surface area contributed by atoms with E-state index in [1.807, 2.05) is 0 Å². The summed E-state index contributed by atoms with van der Waals surface area (Å²) in [4.78, 5) is 18.9. The van der Waals surface area contributed by atoms with Gasteiger partial charge in [-0.1, -0.05) is 17.3 Å². The summed E-state index contributed by atoms with van der Waals surface area (Å²) in [5.74, 6) is 1.41. The number of hydrogen-bond donors (Lipinski definition) is 2. The predicted octanol–water partition coefficient (Wildman–Crippen LogP) is 3.18. The molecule has 0 unspecified atom stereocenters. The highest BCUT2D eigenvalue weighted by molar-refractivity contribution is 5.77. The average molecular weight is 342 g/mol. The molecule has 3 aromatic rings. The van der Waals surface area contributed by atoms with Gasteiger partial charge < -0.3 is 19.9 Å². The van der Waals surface area contributed by atoms with E-state index in [1.54, 1.807) is 37.3 Å². The lowest BCUT2D eigenvalue weighted by Crippen LogP contribution is -2.06. The number of nitrogens with one attached hydrogen (secondary N) is 2. The number of benzene rings is 1. The van der Waals surface area contributed by atoms with Gasteiger partial charge in [0.15, 0.2) is 5.82 Å². The summed E-state index contributed by atoms with van der Waals surface area (Å²) >= 11 is 0. The molecular weight excluding hydrogens is 328 g/mol. The van der Waals surface area contributed by atoms with Crippen molar-refractivity contribution in [2.45, 2.75) is 6.92 Å². The maximum Gasteiger partial charge on any atom is 0.353 e. The fourth-order valence-corrected chi connectivity index (χ4v) is 2.16. The second kappa shape index (κ2) is 6.83. The zero-order valence-corrected chi connectivity index (χ0v) is 13.4. The number of rotatable bonds is 6. The van der Waals surface area contributed by atoms with Crippen molar-refractivity contribution in [2.75, 3.05) is 17.7 Å². The molecule has 0 bridgehead atoms. The predicted molar refractivity (Wildman–Crippen MR) is 89.5 cm³/mol. The molecule has 128 valence electrons. The van der Waals surface area contributed by atoms with Crippen LogP contribution in [0.3, 0.4) is 0 Å². The summed E-state index contributed by atoms with van der Waals surface area (Å²) in [5, 5.41) is 21.0. The van der Waals surface area contributed by atoms with E-state index in [9.17, 15) is 10.1 Å². The Labute approximate surface area is 142 Å². The third kappa shape index (κ3) is 3.47. The van der Waals surface area contributed by atoms with Crippen molar-refractivity contribution in [1.82, 2.24) is 15.1 Å². The number of hydrogen-bond acceptors (Lipinski definition) is 9. The highest BCUT2D eigenvalue weighted by Gasteiger charge is 2.24. The van der Waals surface area contributed by atoms with Gasteiger partial charge in [-0.25, -0.2) is 9.97 Å². The molecule has 0 spiro atoms. The van der Waals surface area contributed by atoms with Gasteiger partial charge >= 0.3 is 5.69 Å². The van der Waals surface area contributed by atoms with Gasteiger partial charge in [0.25, 0.3) is 0 Å². The highest BCUT2D eigenvalue weighted by Crippen LogP contribution is 2.35. The van der Waals surface area contributed by atoms with Crippen LogP contribution in [0.2, 0.25) is 0 Å². The molecule has 2 aromatic heterocycles. The smallest absolute Gasteiger partial charge is 0.353 e. The lowest BCUT2D eigenvalue weighted by Gasteiger charge is -2.11. The van der Waals surface area contributed by atoms with Gasteiger partial charge in [0.2, 0.25) is 11.6 Å². The topological polar surface area (TPSA) is 128 Å². The summed E-state index contributed by atoms with van der Waals surface area (Å²) in [7, 11) is 1.51. The van der Waals surface area contributed by atoms with Crippen molar-refractivity contribution >= 4 is 28.8 Å². The van der Waals surface area contributed by atoms with E-state index in [0.717, 1.165) is 0 Å². The molecule has 3 rings (SSSR count). The Morgan fingerprint density at radius 2 is 1.92 bits per heavy atom. The number of ether oxygens (including phenoxy) is 1. The van der Waals surface area contributed by atoms with Crippen molar-refractivity contribution in [3.63, 3.8) is 0 Å². The molecule has 0 atom stereocenters. The van der Waals surface area contributed by atoms with E-state index >= 15 is 0 Å². The Morgan fingerprint density at radius 3 is 2.56 bits per heavy atom. The fourth-order valence-electron chi connectivity index (χ4n) is 2.16. The Hall–Kier alpha value is -3.69. The van der Waals surface area contributed by atoms with Crippen LogP contribution in [-0.2, 0) is 0 Å². The van der Waals surface area contributed by atoms with E-state index < -0.39 is 4.92 Å². The number of para-hydroxylation sites is 2. The Balaban J connectivity index is 1.99. The molecule has 0 saturated heterocycles. The van der Waals surface area contributed by atoms with Gasteiger partial charge in [-0.3, -0.25) is 10.1 Å². The maximum atomic E-state index is 11.6. The average Bonchev–Trinajstić information content (AvgIpc) is 3.00. The third-order valence-electron chi connectivity index (χ3n) is 3.24. The second-order valence-corrected chi connectivity index (χ2v) is 4.95. The van der Waals surface area contributed by atoms with Crippen molar-refractivity contribution in [1.29, 1.82) is 0 Å². The van der Waals surface area contributed by atoms with Crippen molar-refractivity contribution in [3.05, 3.63) is 52.5 Å².